The molecule has 0 spiro atoms. The number of carbonyl (C=O) groups excluding carboxylic acids is 1. The van der Waals surface area contributed by atoms with Crippen LogP contribution >= 0.6 is 0 Å². The van der Waals surface area contributed by atoms with Gasteiger partial charge in [-0.3, -0.25) is 0 Å². The molecule has 6 nitrogen and oxygen atoms in total. The molecule has 17 heavy (non-hydrogen) atoms. The summed E-state index contributed by atoms with van der Waals surface area (Å²) in [4.78, 5) is 11.2. The maximum absolute atomic E-state index is 11.2. The van der Waals surface area contributed by atoms with Crippen LogP contribution in [-0.4, -0.2) is 51.0 Å². The fourth-order valence-corrected chi connectivity index (χ4v) is 1.10. The van der Waals surface area contributed by atoms with E-state index >= 15 is 0 Å². The third-order valence-electron chi connectivity index (χ3n) is 1.77. The van der Waals surface area contributed by atoms with E-state index in [0.717, 1.165) is 26.2 Å². The van der Waals surface area contributed by atoms with E-state index in [1.807, 2.05) is 20.8 Å². The Morgan fingerprint density at radius 2 is 1.59 bits per heavy atom. The molecule has 0 atom stereocenters. The quantitative estimate of drug-likeness (QED) is 0.440. The zero-order valence-electron chi connectivity index (χ0n) is 11.1. The predicted molar refractivity (Wildman–Crippen MR) is 69.0 cm³/mol. The van der Waals surface area contributed by atoms with Gasteiger partial charge in [0.15, 0.2) is 0 Å². The van der Waals surface area contributed by atoms with Crippen LogP contribution in [0.25, 0.3) is 0 Å². The molecule has 0 bridgehead atoms. The average molecular weight is 246 g/mol. The van der Waals surface area contributed by atoms with E-state index in [1.165, 1.54) is 0 Å². The smallest absolute Gasteiger partial charge is 0.407 e. The van der Waals surface area contributed by atoms with Crippen molar-refractivity contribution in [1.29, 1.82) is 0 Å². The molecular formula is C11H26N4O2. The lowest BCUT2D eigenvalue weighted by Crippen LogP contribution is -2.38. The molecule has 0 aliphatic heterocycles. The van der Waals surface area contributed by atoms with Crippen molar-refractivity contribution >= 4 is 6.09 Å². The summed E-state index contributed by atoms with van der Waals surface area (Å²) in [5.74, 6) is 0. The van der Waals surface area contributed by atoms with Crippen LogP contribution in [0.4, 0.5) is 4.79 Å². The Balaban J connectivity index is 3.25. The Morgan fingerprint density at radius 1 is 1.06 bits per heavy atom. The van der Waals surface area contributed by atoms with E-state index in [2.05, 4.69) is 16.0 Å². The Morgan fingerprint density at radius 3 is 2.12 bits per heavy atom. The maximum atomic E-state index is 11.2. The first-order chi connectivity index (χ1) is 7.95. The summed E-state index contributed by atoms with van der Waals surface area (Å²) in [6, 6.07) is 0. The third kappa shape index (κ3) is 13.1. The number of ether oxygens (including phenoxy) is 1. The second-order valence-electron chi connectivity index (χ2n) is 4.72. The summed E-state index contributed by atoms with van der Waals surface area (Å²) in [6.45, 7) is 10.0. The zero-order valence-corrected chi connectivity index (χ0v) is 11.1. The molecule has 0 aliphatic carbocycles. The Bertz CT molecular complexity index is 204. The molecule has 0 saturated heterocycles. The summed E-state index contributed by atoms with van der Waals surface area (Å²) in [5.41, 5.74) is 4.89. The van der Waals surface area contributed by atoms with Crippen molar-refractivity contribution in [3.05, 3.63) is 0 Å². The molecule has 0 fully saturated rings. The highest BCUT2D eigenvalue weighted by Gasteiger charge is 2.15. The van der Waals surface area contributed by atoms with Gasteiger partial charge in [-0.05, 0) is 20.8 Å². The maximum Gasteiger partial charge on any atom is 0.407 e. The number of amides is 1. The number of hydrogen-bond donors (Lipinski definition) is 4. The minimum absolute atomic E-state index is 0.374. The Hall–Kier alpha value is -0.850. The molecule has 0 aromatic heterocycles. The summed E-state index contributed by atoms with van der Waals surface area (Å²) >= 11 is 0. The van der Waals surface area contributed by atoms with E-state index < -0.39 is 5.60 Å². The molecular weight excluding hydrogens is 220 g/mol. The molecule has 0 aliphatic rings. The molecule has 5 N–H and O–H groups in total. The van der Waals surface area contributed by atoms with Crippen LogP contribution in [0.1, 0.15) is 20.8 Å². The minimum Gasteiger partial charge on any atom is -0.444 e. The van der Waals surface area contributed by atoms with Crippen LogP contribution in [0.2, 0.25) is 0 Å². The van der Waals surface area contributed by atoms with E-state index in [-0.39, 0.29) is 6.09 Å². The van der Waals surface area contributed by atoms with Crippen LogP contribution in [0.3, 0.4) is 0 Å². The molecule has 0 radical (unpaired) electrons. The summed E-state index contributed by atoms with van der Waals surface area (Å²) < 4.78 is 5.09. The van der Waals surface area contributed by atoms with E-state index in [4.69, 9.17) is 10.5 Å². The van der Waals surface area contributed by atoms with Crippen LogP contribution in [0.5, 0.6) is 0 Å². The minimum atomic E-state index is -0.441. The average Bonchev–Trinajstić information content (AvgIpc) is 2.19. The Kier molecular flexibility index (Phi) is 8.75. The van der Waals surface area contributed by atoms with Gasteiger partial charge in [-0.2, -0.15) is 0 Å². The first-order valence-corrected chi connectivity index (χ1v) is 6.04. The monoisotopic (exact) mass is 246 g/mol. The van der Waals surface area contributed by atoms with Gasteiger partial charge in [0, 0.05) is 39.3 Å². The Labute approximate surface area is 104 Å². The highest BCUT2D eigenvalue weighted by molar-refractivity contribution is 5.67. The predicted octanol–water partition coefficient (Wildman–Crippen LogP) is -0.351. The third-order valence-corrected chi connectivity index (χ3v) is 1.77. The second-order valence-corrected chi connectivity index (χ2v) is 4.72. The van der Waals surface area contributed by atoms with Gasteiger partial charge in [0.25, 0.3) is 0 Å². The highest BCUT2D eigenvalue weighted by Crippen LogP contribution is 2.05. The number of nitrogens with two attached hydrogens (primary N) is 1. The number of rotatable bonds is 8. The number of alkyl carbamates (subject to hydrolysis) is 1. The molecule has 0 rings (SSSR count). The molecule has 0 aromatic rings. The molecule has 0 aromatic carbocycles. The SMILES string of the molecule is CC(C)(C)OC(=O)NCCNCCNCCN. The van der Waals surface area contributed by atoms with Gasteiger partial charge in [0.05, 0.1) is 0 Å². The first-order valence-electron chi connectivity index (χ1n) is 6.04. The normalized spacial score (nSPS) is 11.3. The van der Waals surface area contributed by atoms with Crippen LogP contribution < -0.4 is 21.7 Å². The van der Waals surface area contributed by atoms with Crippen LogP contribution in [0, 0.1) is 0 Å². The summed E-state index contributed by atoms with van der Waals surface area (Å²) in [5, 5.41) is 9.03. The van der Waals surface area contributed by atoms with Crippen molar-refractivity contribution in [3.63, 3.8) is 0 Å². The second kappa shape index (κ2) is 9.21. The van der Waals surface area contributed by atoms with Crippen molar-refractivity contribution in [2.45, 2.75) is 26.4 Å². The van der Waals surface area contributed by atoms with Crippen molar-refractivity contribution in [2.75, 3.05) is 39.3 Å². The first kappa shape index (κ1) is 16.1. The lowest BCUT2D eigenvalue weighted by molar-refractivity contribution is 0.0528. The fraction of sp³-hybridized carbons (Fsp3) is 0.909. The molecule has 1 amide bonds. The molecule has 6 heteroatoms. The molecule has 0 saturated carbocycles. The molecule has 102 valence electrons. The van der Waals surface area contributed by atoms with Crippen LogP contribution in [0.15, 0.2) is 0 Å². The van der Waals surface area contributed by atoms with Gasteiger partial charge < -0.3 is 26.4 Å². The standard InChI is InChI=1S/C11H26N4O2/c1-11(2,3)17-10(16)15-9-8-14-7-6-13-5-4-12/h13-14H,4-9,12H2,1-3H3,(H,15,16). The number of carbonyl (C=O) groups is 1. The van der Waals surface area contributed by atoms with Gasteiger partial charge in [0.2, 0.25) is 0 Å². The van der Waals surface area contributed by atoms with E-state index in [9.17, 15) is 4.79 Å². The van der Waals surface area contributed by atoms with Crippen molar-refractivity contribution in [2.24, 2.45) is 5.73 Å². The van der Waals surface area contributed by atoms with Crippen molar-refractivity contribution in [1.82, 2.24) is 16.0 Å². The van der Waals surface area contributed by atoms with Crippen molar-refractivity contribution in [3.8, 4) is 0 Å². The zero-order chi connectivity index (χ0) is 13.1. The highest BCUT2D eigenvalue weighted by atomic mass is 16.6. The molecule has 0 unspecified atom stereocenters. The largest absolute Gasteiger partial charge is 0.444 e. The number of hydrogen-bond acceptors (Lipinski definition) is 5. The summed E-state index contributed by atoms with van der Waals surface area (Å²) in [6.07, 6.45) is -0.374. The topological polar surface area (TPSA) is 88.4 Å². The van der Waals surface area contributed by atoms with Gasteiger partial charge in [-0.15, -0.1) is 0 Å². The lowest BCUT2D eigenvalue weighted by Gasteiger charge is -2.19. The van der Waals surface area contributed by atoms with Gasteiger partial charge in [0.1, 0.15) is 5.60 Å². The van der Waals surface area contributed by atoms with Gasteiger partial charge in [-0.1, -0.05) is 0 Å². The van der Waals surface area contributed by atoms with Crippen molar-refractivity contribution < 1.29 is 9.53 Å². The van der Waals surface area contributed by atoms with E-state index in [0.29, 0.717) is 13.1 Å². The molecule has 0 heterocycles. The lowest BCUT2D eigenvalue weighted by atomic mass is 10.2. The van der Waals surface area contributed by atoms with E-state index in [1.54, 1.807) is 0 Å². The summed E-state index contributed by atoms with van der Waals surface area (Å²) in [7, 11) is 0. The number of nitrogens with one attached hydrogen (secondary N) is 3. The fourth-order valence-electron chi connectivity index (χ4n) is 1.10. The van der Waals surface area contributed by atoms with Gasteiger partial charge in [-0.25, -0.2) is 4.79 Å². The van der Waals surface area contributed by atoms with Crippen LogP contribution in [-0.2, 0) is 4.74 Å². The van der Waals surface area contributed by atoms with Gasteiger partial charge >= 0.3 is 6.09 Å².